The number of hydrogen-bond acceptors (Lipinski definition) is 3. The van der Waals surface area contributed by atoms with Gasteiger partial charge in [0.05, 0.1) is 6.10 Å². The Labute approximate surface area is 202 Å². The van der Waals surface area contributed by atoms with Gasteiger partial charge in [0.1, 0.15) is 17.3 Å². The van der Waals surface area contributed by atoms with Gasteiger partial charge in [0.25, 0.3) is 16.6 Å². The van der Waals surface area contributed by atoms with Crippen molar-refractivity contribution in [2.24, 2.45) is 0 Å². The molecule has 2 rings (SSSR count). The Morgan fingerprint density at radius 2 is 1.24 bits per heavy atom. The van der Waals surface area contributed by atoms with Crippen LogP contribution in [0.5, 0.6) is 11.5 Å². The third-order valence-electron chi connectivity index (χ3n) is 7.37. The van der Waals surface area contributed by atoms with Crippen LogP contribution in [0.4, 0.5) is 4.39 Å². The SMILES string of the molecule is CCC(O)c1ccc(-c2ccc(O[Si](C)(C)C(C)(C)C)c(O[Si](C)(C)C(C)(C)C)c2)cc1F. The van der Waals surface area contributed by atoms with Crippen LogP contribution in [0.25, 0.3) is 11.1 Å². The van der Waals surface area contributed by atoms with Crippen LogP contribution in [-0.2, 0) is 0 Å². The highest BCUT2D eigenvalue weighted by Crippen LogP contribution is 2.44. The zero-order valence-electron chi connectivity index (χ0n) is 22.4. The zero-order valence-corrected chi connectivity index (χ0v) is 24.4. The quantitative estimate of drug-likeness (QED) is 0.394. The Morgan fingerprint density at radius 3 is 1.70 bits per heavy atom. The highest BCUT2D eigenvalue weighted by Gasteiger charge is 2.42. The van der Waals surface area contributed by atoms with Crippen molar-refractivity contribution >= 4 is 16.6 Å². The predicted molar refractivity (Wildman–Crippen MR) is 143 cm³/mol. The number of hydrogen-bond donors (Lipinski definition) is 1. The minimum absolute atomic E-state index is 0.0291. The summed E-state index contributed by atoms with van der Waals surface area (Å²) in [6.45, 7) is 24.0. The minimum Gasteiger partial charge on any atom is -0.541 e. The van der Waals surface area contributed by atoms with Crippen LogP contribution in [-0.4, -0.2) is 21.7 Å². The third-order valence-corrected chi connectivity index (χ3v) is 16.1. The summed E-state index contributed by atoms with van der Waals surface area (Å²) in [6, 6.07) is 10.9. The molecule has 3 nitrogen and oxygen atoms in total. The molecule has 0 radical (unpaired) electrons. The molecule has 0 aliphatic rings. The zero-order chi connectivity index (χ0) is 25.4. The molecular formula is C27H43FO3Si2. The lowest BCUT2D eigenvalue weighted by molar-refractivity contribution is 0.169. The lowest BCUT2D eigenvalue weighted by atomic mass is 10.00. The standard InChI is InChI=1S/C27H43FO3Si2/c1-12-23(29)21-15-13-19(17-22(21)28)20-14-16-24(30-32(8,9)26(2,3)4)25(18-20)31-33(10,11)27(5,6)7/h13-18,23,29H,12H2,1-11H3. The molecule has 0 saturated carbocycles. The predicted octanol–water partition coefficient (Wildman–Crippen LogP) is 8.70. The number of halogens is 1. The summed E-state index contributed by atoms with van der Waals surface area (Å²) in [6.07, 6.45) is -0.322. The summed E-state index contributed by atoms with van der Waals surface area (Å²) in [5, 5.41) is 10.1. The highest BCUT2D eigenvalue weighted by atomic mass is 28.4. The van der Waals surface area contributed by atoms with Gasteiger partial charge in [-0.25, -0.2) is 4.39 Å². The van der Waals surface area contributed by atoms with E-state index in [0.717, 1.165) is 22.6 Å². The summed E-state index contributed by atoms with van der Waals surface area (Å²) in [5.41, 5.74) is 1.94. The molecule has 184 valence electrons. The average Bonchev–Trinajstić information content (AvgIpc) is 2.66. The van der Waals surface area contributed by atoms with Crippen molar-refractivity contribution in [2.45, 2.75) is 97.3 Å². The fourth-order valence-electron chi connectivity index (χ4n) is 2.90. The van der Waals surface area contributed by atoms with Gasteiger partial charge in [0, 0.05) is 5.56 Å². The number of rotatable bonds is 7. The van der Waals surface area contributed by atoms with E-state index in [2.05, 4.69) is 67.7 Å². The van der Waals surface area contributed by atoms with Gasteiger partial charge in [0.15, 0.2) is 0 Å². The van der Waals surface area contributed by atoms with E-state index in [1.807, 2.05) is 31.2 Å². The lowest BCUT2D eigenvalue weighted by Crippen LogP contribution is -2.45. The second kappa shape index (κ2) is 9.55. The van der Waals surface area contributed by atoms with Crippen LogP contribution in [0.1, 0.15) is 66.6 Å². The summed E-state index contributed by atoms with van der Waals surface area (Å²) in [5.74, 6) is 1.09. The molecule has 33 heavy (non-hydrogen) atoms. The highest BCUT2D eigenvalue weighted by molar-refractivity contribution is 6.75. The number of benzene rings is 2. The summed E-state index contributed by atoms with van der Waals surface area (Å²) < 4.78 is 28.1. The van der Waals surface area contributed by atoms with Crippen molar-refractivity contribution in [2.75, 3.05) is 0 Å². The first kappa shape index (κ1) is 27.6. The van der Waals surface area contributed by atoms with Crippen molar-refractivity contribution in [3.8, 4) is 22.6 Å². The van der Waals surface area contributed by atoms with Gasteiger partial charge in [-0.3, -0.25) is 0 Å². The van der Waals surface area contributed by atoms with E-state index in [1.54, 1.807) is 6.07 Å². The van der Waals surface area contributed by atoms with Crippen LogP contribution in [0, 0.1) is 5.82 Å². The molecule has 0 aliphatic carbocycles. The average molecular weight is 491 g/mol. The smallest absolute Gasteiger partial charge is 0.250 e. The molecule has 1 atom stereocenters. The second-order valence-electron chi connectivity index (χ2n) is 12.0. The molecule has 1 unspecified atom stereocenters. The van der Waals surface area contributed by atoms with Crippen molar-refractivity contribution in [3.05, 3.63) is 47.8 Å². The first-order valence-electron chi connectivity index (χ1n) is 11.9. The van der Waals surface area contributed by atoms with E-state index in [0.29, 0.717) is 12.0 Å². The molecular weight excluding hydrogens is 447 g/mol. The van der Waals surface area contributed by atoms with Crippen molar-refractivity contribution in [1.29, 1.82) is 0 Å². The Bertz CT molecular complexity index is 972. The summed E-state index contributed by atoms with van der Waals surface area (Å²) in [7, 11) is -4.21. The number of aliphatic hydroxyl groups excluding tert-OH is 1. The first-order chi connectivity index (χ1) is 14.9. The fourth-order valence-corrected chi connectivity index (χ4v) is 4.94. The molecule has 0 aromatic heterocycles. The molecule has 0 aliphatic heterocycles. The molecule has 0 bridgehead atoms. The largest absolute Gasteiger partial charge is 0.541 e. The van der Waals surface area contributed by atoms with Gasteiger partial charge in [-0.15, -0.1) is 0 Å². The van der Waals surface area contributed by atoms with Crippen LogP contribution in [0.3, 0.4) is 0 Å². The Balaban J connectivity index is 2.57. The Kier molecular flexibility index (Phi) is 7.99. The molecule has 0 spiro atoms. The molecule has 2 aromatic carbocycles. The fraction of sp³-hybridized carbons (Fsp3) is 0.556. The topological polar surface area (TPSA) is 38.7 Å². The van der Waals surface area contributed by atoms with Gasteiger partial charge in [-0.2, -0.15) is 0 Å². The van der Waals surface area contributed by atoms with Gasteiger partial charge in [-0.05, 0) is 72.0 Å². The maximum Gasteiger partial charge on any atom is 0.250 e. The molecule has 0 amide bonds. The van der Waals surface area contributed by atoms with E-state index in [1.165, 1.54) is 6.07 Å². The summed E-state index contributed by atoms with van der Waals surface area (Å²) >= 11 is 0. The maximum atomic E-state index is 14.7. The van der Waals surface area contributed by atoms with Gasteiger partial charge >= 0.3 is 0 Å². The van der Waals surface area contributed by atoms with Crippen LogP contribution >= 0.6 is 0 Å². The summed E-state index contributed by atoms with van der Waals surface area (Å²) in [4.78, 5) is 0. The van der Waals surface area contributed by atoms with E-state index in [4.69, 9.17) is 8.85 Å². The Hall–Kier alpha value is -1.64. The van der Waals surface area contributed by atoms with Crippen molar-refractivity contribution in [1.82, 2.24) is 0 Å². The van der Waals surface area contributed by atoms with E-state index in [-0.39, 0.29) is 10.1 Å². The van der Waals surface area contributed by atoms with Gasteiger partial charge in [0.2, 0.25) is 0 Å². The third kappa shape index (κ3) is 6.28. The normalized spacial score (nSPS) is 14.2. The molecule has 0 saturated heterocycles. The Morgan fingerprint density at radius 1 is 0.788 bits per heavy atom. The molecule has 6 heteroatoms. The maximum absolute atomic E-state index is 14.7. The van der Waals surface area contributed by atoms with Gasteiger partial charge < -0.3 is 14.0 Å². The second-order valence-corrected chi connectivity index (χ2v) is 21.5. The van der Waals surface area contributed by atoms with Crippen LogP contribution in [0.2, 0.25) is 36.3 Å². The van der Waals surface area contributed by atoms with Crippen LogP contribution in [0.15, 0.2) is 36.4 Å². The minimum atomic E-state index is -2.13. The van der Waals surface area contributed by atoms with E-state index < -0.39 is 28.6 Å². The molecule has 1 N–H and O–H groups in total. The molecule has 2 aromatic rings. The van der Waals surface area contributed by atoms with Crippen LogP contribution < -0.4 is 8.85 Å². The lowest BCUT2D eigenvalue weighted by Gasteiger charge is -2.39. The first-order valence-corrected chi connectivity index (χ1v) is 17.7. The monoisotopic (exact) mass is 490 g/mol. The van der Waals surface area contributed by atoms with Crippen molar-refractivity contribution < 1.29 is 18.3 Å². The van der Waals surface area contributed by atoms with E-state index in [9.17, 15) is 9.50 Å². The molecule has 0 heterocycles. The van der Waals surface area contributed by atoms with E-state index >= 15 is 0 Å². The van der Waals surface area contributed by atoms with Crippen molar-refractivity contribution in [3.63, 3.8) is 0 Å². The number of aliphatic hydroxyl groups is 1. The van der Waals surface area contributed by atoms with Gasteiger partial charge in [-0.1, -0.05) is 66.7 Å². The molecule has 0 fully saturated rings.